The maximum atomic E-state index is 11.4. The molecule has 1 radical (unpaired) electrons. The molecule has 0 heterocycles. The van der Waals surface area contributed by atoms with E-state index < -0.39 is 11.8 Å². The van der Waals surface area contributed by atoms with Crippen LogP contribution in [-0.4, -0.2) is 11.8 Å². The van der Waals surface area contributed by atoms with Gasteiger partial charge in [0, 0.05) is 5.56 Å². The van der Waals surface area contributed by atoms with Crippen LogP contribution in [0.25, 0.3) is 0 Å². The third-order valence-electron chi connectivity index (χ3n) is 1.84. The zero-order valence-electron chi connectivity index (χ0n) is 10.2. The summed E-state index contributed by atoms with van der Waals surface area (Å²) in [4.78, 5) is 11.4. The van der Waals surface area contributed by atoms with Crippen LogP contribution in [0.5, 0.6) is 5.75 Å². The van der Waals surface area contributed by atoms with E-state index in [4.69, 9.17) is 9.47 Å². The highest BCUT2D eigenvalue weighted by Gasteiger charge is 2.18. The highest BCUT2D eigenvalue weighted by Crippen LogP contribution is 2.19. The summed E-state index contributed by atoms with van der Waals surface area (Å²) in [6.07, 6.45) is 0.0840. The zero-order valence-corrected chi connectivity index (χ0v) is 10.2. The monoisotopic (exact) mass is 221 g/mol. The molecule has 87 valence electrons. The van der Waals surface area contributed by atoms with Gasteiger partial charge >= 0.3 is 6.16 Å². The maximum Gasteiger partial charge on any atom is 0.514 e. The number of carbonyl (C=O) groups excluding carboxylic acids is 1. The van der Waals surface area contributed by atoms with Gasteiger partial charge in [-0.2, -0.15) is 0 Å². The molecule has 1 rings (SSSR count). The molecular formula is C13H17O3. The summed E-state index contributed by atoms with van der Waals surface area (Å²) in [5.74, 6) is 0.513. The maximum absolute atomic E-state index is 11.4. The van der Waals surface area contributed by atoms with Crippen molar-refractivity contribution >= 4 is 6.16 Å². The average molecular weight is 221 g/mol. The fraction of sp³-hybridized carbons (Fsp3) is 0.462. The molecule has 0 saturated heterocycles. The van der Waals surface area contributed by atoms with E-state index in [2.05, 4.69) is 6.07 Å². The molecule has 0 spiro atoms. The first-order valence-corrected chi connectivity index (χ1v) is 5.33. The summed E-state index contributed by atoms with van der Waals surface area (Å²) in [7, 11) is 0. The summed E-state index contributed by atoms with van der Waals surface area (Å²) in [5, 5.41) is 0. The van der Waals surface area contributed by atoms with Crippen molar-refractivity contribution < 1.29 is 14.3 Å². The first-order chi connectivity index (χ1) is 7.42. The minimum absolute atomic E-state index is 0.513. The molecule has 0 unspecified atom stereocenters. The molecule has 0 aliphatic carbocycles. The van der Waals surface area contributed by atoms with E-state index in [-0.39, 0.29) is 0 Å². The Kier molecular flexibility index (Phi) is 3.93. The quantitative estimate of drug-likeness (QED) is 0.567. The Morgan fingerprint density at radius 3 is 2.69 bits per heavy atom. The summed E-state index contributed by atoms with van der Waals surface area (Å²) >= 11 is 0. The largest absolute Gasteiger partial charge is 0.514 e. The standard InChI is InChI=1S/C13H17O3/c1-5-10-8-6-7-9-11(10)15-12(14)16-13(2,3)4/h6-7,9H,5H2,1-4H3. The zero-order chi connectivity index (χ0) is 12.2. The highest BCUT2D eigenvalue weighted by atomic mass is 16.7. The molecular weight excluding hydrogens is 204 g/mol. The van der Waals surface area contributed by atoms with E-state index in [1.54, 1.807) is 39.0 Å². The van der Waals surface area contributed by atoms with Crippen molar-refractivity contribution in [2.75, 3.05) is 0 Å². The molecule has 0 fully saturated rings. The van der Waals surface area contributed by atoms with E-state index in [9.17, 15) is 4.79 Å². The molecule has 0 aliphatic rings. The van der Waals surface area contributed by atoms with Gasteiger partial charge in [0.05, 0.1) is 0 Å². The highest BCUT2D eigenvalue weighted by molar-refractivity contribution is 5.64. The Balaban J connectivity index is 2.70. The van der Waals surface area contributed by atoms with Gasteiger partial charge in [-0.1, -0.05) is 19.1 Å². The van der Waals surface area contributed by atoms with Crippen molar-refractivity contribution in [3.63, 3.8) is 0 Å². The van der Waals surface area contributed by atoms with Crippen LogP contribution in [0.2, 0.25) is 0 Å². The predicted octanol–water partition coefficient (Wildman–Crippen LogP) is 3.36. The Labute approximate surface area is 96.4 Å². The topological polar surface area (TPSA) is 35.5 Å². The van der Waals surface area contributed by atoms with Gasteiger partial charge in [-0.15, -0.1) is 0 Å². The number of benzene rings is 1. The van der Waals surface area contributed by atoms with Gasteiger partial charge < -0.3 is 9.47 Å². The number of ether oxygens (including phenoxy) is 2. The normalized spacial score (nSPS) is 11.0. The van der Waals surface area contributed by atoms with Gasteiger partial charge in [0.1, 0.15) is 11.4 Å². The predicted molar refractivity (Wildman–Crippen MR) is 61.5 cm³/mol. The average Bonchev–Trinajstić information content (AvgIpc) is 2.15. The molecule has 1 aromatic rings. The number of rotatable bonds is 2. The Hall–Kier alpha value is -1.51. The summed E-state index contributed by atoms with van der Waals surface area (Å²) in [6.45, 7) is 7.37. The van der Waals surface area contributed by atoms with Gasteiger partial charge in [0.25, 0.3) is 0 Å². The lowest BCUT2D eigenvalue weighted by Crippen LogP contribution is -2.26. The SMILES string of the molecule is CCc1[c]cccc1OC(=O)OC(C)(C)C. The fourth-order valence-corrected chi connectivity index (χ4v) is 1.19. The van der Waals surface area contributed by atoms with Crippen LogP contribution < -0.4 is 4.74 Å². The Morgan fingerprint density at radius 2 is 2.12 bits per heavy atom. The van der Waals surface area contributed by atoms with Crippen LogP contribution in [0.15, 0.2) is 18.2 Å². The summed E-state index contributed by atoms with van der Waals surface area (Å²) < 4.78 is 10.2. The van der Waals surface area contributed by atoms with E-state index >= 15 is 0 Å². The third-order valence-corrected chi connectivity index (χ3v) is 1.84. The Bertz CT molecular complexity index is 364. The van der Waals surface area contributed by atoms with Gasteiger partial charge in [-0.05, 0) is 39.3 Å². The number of hydrogen-bond donors (Lipinski definition) is 0. The van der Waals surface area contributed by atoms with Crippen LogP contribution in [0, 0.1) is 6.07 Å². The van der Waals surface area contributed by atoms with Gasteiger partial charge in [0.2, 0.25) is 0 Å². The van der Waals surface area contributed by atoms with Crippen molar-refractivity contribution in [3.8, 4) is 5.75 Å². The summed E-state index contributed by atoms with van der Waals surface area (Å²) in [5.41, 5.74) is 0.329. The smallest absolute Gasteiger partial charge is 0.428 e. The molecule has 3 nitrogen and oxygen atoms in total. The Morgan fingerprint density at radius 1 is 1.44 bits per heavy atom. The minimum atomic E-state index is -0.679. The molecule has 3 heteroatoms. The first-order valence-electron chi connectivity index (χ1n) is 5.33. The number of carbonyl (C=O) groups is 1. The molecule has 1 aromatic carbocycles. The van der Waals surface area contributed by atoms with Gasteiger partial charge in [0.15, 0.2) is 0 Å². The van der Waals surface area contributed by atoms with Gasteiger partial charge in [-0.25, -0.2) is 4.79 Å². The third kappa shape index (κ3) is 3.93. The van der Waals surface area contributed by atoms with E-state index in [1.165, 1.54) is 0 Å². The lowest BCUT2D eigenvalue weighted by Gasteiger charge is -2.19. The van der Waals surface area contributed by atoms with Crippen LogP contribution in [0.3, 0.4) is 0 Å². The van der Waals surface area contributed by atoms with Crippen molar-refractivity contribution in [1.29, 1.82) is 0 Å². The lowest BCUT2D eigenvalue weighted by atomic mass is 10.1. The van der Waals surface area contributed by atoms with E-state index in [0.29, 0.717) is 5.75 Å². The summed E-state index contributed by atoms with van der Waals surface area (Å²) in [6, 6.07) is 8.33. The number of aryl methyl sites for hydroxylation is 1. The van der Waals surface area contributed by atoms with Crippen molar-refractivity contribution in [1.82, 2.24) is 0 Å². The molecule has 0 atom stereocenters. The lowest BCUT2D eigenvalue weighted by molar-refractivity contribution is 0.0204. The van der Waals surface area contributed by atoms with Crippen molar-refractivity contribution in [2.24, 2.45) is 0 Å². The molecule has 0 amide bonds. The molecule has 0 aliphatic heterocycles. The second kappa shape index (κ2) is 5.01. The van der Waals surface area contributed by atoms with Crippen molar-refractivity contribution in [3.05, 3.63) is 29.8 Å². The van der Waals surface area contributed by atoms with Crippen LogP contribution >= 0.6 is 0 Å². The molecule has 16 heavy (non-hydrogen) atoms. The fourth-order valence-electron chi connectivity index (χ4n) is 1.19. The molecule has 0 saturated carbocycles. The van der Waals surface area contributed by atoms with E-state index in [1.807, 2.05) is 6.92 Å². The van der Waals surface area contributed by atoms with Crippen LogP contribution in [-0.2, 0) is 11.2 Å². The molecule has 0 aromatic heterocycles. The van der Waals surface area contributed by atoms with Crippen molar-refractivity contribution in [2.45, 2.75) is 39.7 Å². The van der Waals surface area contributed by atoms with Crippen LogP contribution in [0.4, 0.5) is 4.79 Å². The second-order valence-corrected chi connectivity index (χ2v) is 4.43. The minimum Gasteiger partial charge on any atom is -0.428 e. The number of hydrogen-bond acceptors (Lipinski definition) is 3. The van der Waals surface area contributed by atoms with Crippen LogP contribution in [0.1, 0.15) is 33.3 Å². The first kappa shape index (κ1) is 12.6. The molecule has 0 bridgehead atoms. The molecule has 0 N–H and O–H groups in total. The second-order valence-electron chi connectivity index (χ2n) is 4.43. The van der Waals surface area contributed by atoms with Gasteiger partial charge in [-0.3, -0.25) is 0 Å². The van der Waals surface area contributed by atoms with E-state index in [0.717, 1.165) is 12.0 Å².